The van der Waals surface area contributed by atoms with Crippen LogP contribution in [0.5, 0.6) is 0 Å². The Kier molecular flexibility index (Phi) is 8.36. The van der Waals surface area contributed by atoms with Crippen molar-refractivity contribution >= 4 is 29.2 Å². The molecule has 182 valence electrons. The highest BCUT2D eigenvalue weighted by atomic mass is 35.5. The molecule has 0 radical (unpaired) electrons. The first-order valence-corrected chi connectivity index (χ1v) is 11.3. The molecule has 33 heavy (non-hydrogen) atoms. The molecular formula is C23H31ClN2O7. The van der Waals surface area contributed by atoms with Crippen LogP contribution in [-0.2, 0) is 28.7 Å². The molecule has 0 aromatic heterocycles. The van der Waals surface area contributed by atoms with Crippen LogP contribution < -0.4 is 0 Å². The first-order chi connectivity index (χ1) is 15.8. The molecule has 2 aliphatic heterocycles. The summed E-state index contributed by atoms with van der Waals surface area (Å²) in [5, 5.41) is 3.53. The normalized spacial score (nSPS) is 18.4. The van der Waals surface area contributed by atoms with E-state index in [1.807, 2.05) is 26.0 Å². The zero-order valence-corrected chi connectivity index (χ0v) is 20.5. The van der Waals surface area contributed by atoms with Gasteiger partial charge in [-0.3, -0.25) is 9.63 Å². The highest BCUT2D eigenvalue weighted by molar-refractivity contribution is 6.36. The molecule has 0 bridgehead atoms. The van der Waals surface area contributed by atoms with Gasteiger partial charge in [0.2, 0.25) is 0 Å². The Morgan fingerprint density at radius 2 is 1.79 bits per heavy atom. The lowest BCUT2D eigenvalue weighted by Gasteiger charge is -2.43. The molecule has 0 aliphatic carbocycles. The molecule has 9 nitrogen and oxygen atoms in total. The van der Waals surface area contributed by atoms with Crippen molar-refractivity contribution in [2.24, 2.45) is 0 Å². The average molecular weight is 483 g/mol. The van der Waals surface area contributed by atoms with Crippen molar-refractivity contribution in [2.75, 3.05) is 47.1 Å². The fraction of sp³-hybridized carbons (Fsp3) is 0.565. The minimum absolute atomic E-state index is 0.137. The number of piperidine rings is 1. The Balaban J connectivity index is 2.19. The second-order valence-electron chi connectivity index (χ2n) is 7.95. The minimum Gasteiger partial charge on any atom is -0.434 e. The van der Waals surface area contributed by atoms with Crippen LogP contribution in [0.4, 0.5) is 4.79 Å². The summed E-state index contributed by atoms with van der Waals surface area (Å²) in [6.07, 6.45) is -0.0490. The third-order valence-corrected chi connectivity index (χ3v) is 6.48. The first kappa shape index (κ1) is 25.5. The maximum atomic E-state index is 13.9. The number of ether oxygens (including phenoxy) is 3. The third kappa shape index (κ3) is 4.88. The lowest BCUT2D eigenvalue weighted by Crippen LogP contribution is -2.55. The van der Waals surface area contributed by atoms with Crippen molar-refractivity contribution in [3.05, 3.63) is 39.6 Å². The summed E-state index contributed by atoms with van der Waals surface area (Å²) in [4.78, 5) is 37.7. The maximum absolute atomic E-state index is 13.9. The van der Waals surface area contributed by atoms with Crippen LogP contribution >= 0.6 is 11.6 Å². The standard InChI is InChI=1S/C23H31ClN2O7/c1-6-31-22(28)33-20-18(17-15(2)7-8-16(3)19(17)24)21(27)26(32-14-13-29-4)23(20)9-11-25(30-5)12-10-23/h7-8H,6,9-14H2,1-5H3. The van der Waals surface area contributed by atoms with Crippen LogP contribution in [0.15, 0.2) is 17.9 Å². The van der Waals surface area contributed by atoms with E-state index in [0.29, 0.717) is 36.5 Å². The van der Waals surface area contributed by atoms with Gasteiger partial charge in [0.1, 0.15) is 5.54 Å². The Bertz CT molecular complexity index is 926. The SMILES string of the molecule is CCOC(=O)OC1=C(c2c(C)ccc(C)c2Cl)C(=O)N(OCCOC)C12CCN(OC)CC2. The van der Waals surface area contributed by atoms with Crippen molar-refractivity contribution in [3.63, 3.8) is 0 Å². The van der Waals surface area contributed by atoms with E-state index in [2.05, 4.69) is 0 Å². The van der Waals surface area contributed by atoms with Crippen LogP contribution in [-0.4, -0.2) is 74.9 Å². The van der Waals surface area contributed by atoms with E-state index in [9.17, 15) is 9.59 Å². The summed E-state index contributed by atoms with van der Waals surface area (Å²) < 4.78 is 15.9. The summed E-state index contributed by atoms with van der Waals surface area (Å²) in [7, 11) is 3.15. The molecule has 1 aromatic carbocycles. The van der Waals surface area contributed by atoms with Crippen molar-refractivity contribution < 1.29 is 33.5 Å². The van der Waals surface area contributed by atoms with Gasteiger partial charge in [-0.1, -0.05) is 23.7 Å². The second-order valence-corrected chi connectivity index (χ2v) is 8.32. The molecule has 0 unspecified atom stereocenters. The fourth-order valence-electron chi connectivity index (χ4n) is 4.26. The molecule has 2 heterocycles. The molecule has 0 saturated carbocycles. The molecular weight excluding hydrogens is 452 g/mol. The quantitative estimate of drug-likeness (QED) is 0.410. The van der Waals surface area contributed by atoms with E-state index >= 15 is 0 Å². The Labute approximate surface area is 199 Å². The summed E-state index contributed by atoms with van der Waals surface area (Å²) in [5.74, 6) is -0.235. The van der Waals surface area contributed by atoms with Gasteiger partial charge < -0.3 is 19.0 Å². The highest BCUT2D eigenvalue weighted by Gasteiger charge is 2.57. The molecule has 1 fully saturated rings. The molecule has 1 saturated heterocycles. The zero-order chi connectivity index (χ0) is 24.2. The fourth-order valence-corrected chi connectivity index (χ4v) is 4.57. The Hall–Kier alpha value is -2.17. The third-order valence-electron chi connectivity index (χ3n) is 5.99. The van der Waals surface area contributed by atoms with Gasteiger partial charge in [-0.25, -0.2) is 9.86 Å². The first-order valence-electron chi connectivity index (χ1n) is 10.9. The van der Waals surface area contributed by atoms with E-state index in [1.54, 1.807) is 26.2 Å². The van der Waals surface area contributed by atoms with Crippen LogP contribution in [0, 0.1) is 13.8 Å². The zero-order valence-electron chi connectivity index (χ0n) is 19.7. The molecule has 0 atom stereocenters. The number of hydrogen-bond acceptors (Lipinski definition) is 8. The van der Waals surface area contributed by atoms with Crippen LogP contribution in [0.1, 0.15) is 36.5 Å². The van der Waals surface area contributed by atoms with Crippen LogP contribution in [0.25, 0.3) is 5.57 Å². The molecule has 10 heteroatoms. The largest absolute Gasteiger partial charge is 0.513 e. The number of carbonyl (C=O) groups excluding carboxylic acids is 2. The number of hydrogen-bond donors (Lipinski definition) is 0. The van der Waals surface area contributed by atoms with Crippen LogP contribution in [0.2, 0.25) is 5.02 Å². The molecule has 1 spiro atoms. The van der Waals surface area contributed by atoms with Gasteiger partial charge in [0.05, 0.1) is 37.5 Å². The molecule has 1 aromatic rings. The van der Waals surface area contributed by atoms with Gasteiger partial charge in [0.15, 0.2) is 5.76 Å². The molecule has 2 aliphatic rings. The van der Waals surface area contributed by atoms with Crippen LogP contribution in [0.3, 0.4) is 0 Å². The van der Waals surface area contributed by atoms with E-state index < -0.39 is 17.6 Å². The average Bonchev–Trinajstić information content (AvgIpc) is 3.00. The van der Waals surface area contributed by atoms with Gasteiger partial charge in [-0.2, -0.15) is 5.06 Å². The van der Waals surface area contributed by atoms with Gasteiger partial charge in [-0.15, -0.1) is 0 Å². The number of benzene rings is 1. The molecule has 3 rings (SSSR count). The number of amides is 1. The topological polar surface area (TPSA) is 86.8 Å². The van der Waals surface area contributed by atoms with E-state index in [1.165, 1.54) is 5.06 Å². The van der Waals surface area contributed by atoms with E-state index in [0.717, 1.165) is 11.1 Å². The summed E-state index contributed by atoms with van der Waals surface area (Å²) in [6, 6.07) is 3.76. The number of halogens is 1. The summed E-state index contributed by atoms with van der Waals surface area (Å²) in [5.41, 5.74) is 1.28. The van der Waals surface area contributed by atoms with Crippen molar-refractivity contribution in [2.45, 2.75) is 39.2 Å². The smallest absolute Gasteiger partial charge is 0.434 e. The number of rotatable bonds is 8. The van der Waals surface area contributed by atoms with E-state index in [4.69, 9.17) is 35.5 Å². The number of methoxy groups -OCH3 is 1. The van der Waals surface area contributed by atoms with Gasteiger partial charge in [-0.05, 0) is 44.7 Å². The van der Waals surface area contributed by atoms with Gasteiger partial charge in [0, 0.05) is 25.8 Å². The lowest BCUT2D eigenvalue weighted by molar-refractivity contribution is -0.235. The summed E-state index contributed by atoms with van der Waals surface area (Å²) in [6.45, 7) is 6.97. The minimum atomic E-state index is -1.03. The number of aryl methyl sites for hydroxylation is 2. The molecule has 1 amide bonds. The predicted molar refractivity (Wildman–Crippen MR) is 121 cm³/mol. The maximum Gasteiger partial charge on any atom is 0.513 e. The number of nitrogens with zero attached hydrogens (tertiary/aromatic N) is 2. The van der Waals surface area contributed by atoms with Gasteiger partial charge in [0.25, 0.3) is 5.91 Å². The predicted octanol–water partition coefficient (Wildman–Crippen LogP) is 3.66. The molecule has 0 N–H and O–H groups in total. The monoisotopic (exact) mass is 482 g/mol. The van der Waals surface area contributed by atoms with E-state index in [-0.39, 0.29) is 31.2 Å². The van der Waals surface area contributed by atoms with Crippen molar-refractivity contribution in [3.8, 4) is 0 Å². The Morgan fingerprint density at radius 3 is 2.39 bits per heavy atom. The highest BCUT2D eigenvalue weighted by Crippen LogP contribution is 2.49. The number of hydroxylamine groups is 4. The van der Waals surface area contributed by atoms with Crippen molar-refractivity contribution in [1.29, 1.82) is 0 Å². The Morgan fingerprint density at radius 1 is 1.12 bits per heavy atom. The van der Waals surface area contributed by atoms with Crippen molar-refractivity contribution in [1.82, 2.24) is 10.1 Å². The van der Waals surface area contributed by atoms with Gasteiger partial charge >= 0.3 is 6.16 Å². The lowest BCUT2D eigenvalue weighted by atomic mass is 9.85. The number of carbonyl (C=O) groups is 2. The summed E-state index contributed by atoms with van der Waals surface area (Å²) >= 11 is 6.69. The second kappa shape index (κ2) is 10.8.